The van der Waals surface area contributed by atoms with E-state index in [4.69, 9.17) is 5.26 Å². The monoisotopic (exact) mass is 256 g/mol. The van der Waals surface area contributed by atoms with Gasteiger partial charge >= 0.3 is 0 Å². The molecule has 2 fully saturated rings. The van der Waals surface area contributed by atoms with Crippen LogP contribution in [-0.4, -0.2) is 28.2 Å². The number of nitriles is 1. The van der Waals surface area contributed by atoms with Crippen LogP contribution in [-0.2, 0) is 0 Å². The van der Waals surface area contributed by atoms with Gasteiger partial charge in [0.05, 0.1) is 18.6 Å². The molecule has 100 valence electrons. The number of hydrogen-bond donors (Lipinski definition) is 1. The number of fused-ring (bicyclic) bond motifs is 2. The van der Waals surface area contributed by atoms with Gasteiger partial charge in [-0.2, -0.15) is 5.26 Å². The molecule has 1 aromatic rings. The highest BCUT2D eigenvalue weighted by Crippen LogP contribution is 2.42. The zero-order valence-corrected chi connectivity index (χ0v) is 11.1. The Labute approximate surface area is 114 Å². The molecule has 1 N–H and O–H groups in total. The number of benzene rings is 1. The molecule has 3 heteroatoms. The Morgan fingerprint density at radius 2 is 1.84 bits per heavy atom. The molecule has 0 aromatic heterocycles. The van der Waals surface area contributed by atoms with Crippen molar-refractivity contribution in [3.8, 4) is 6.07 Å². The van der Waals surface area contributed by atoms with Gasteiger partial charge in [-0.05, 0) is 31.2 Å². The summed E-state index contributed by atoms with van der Waals surface area (Å²) in [6, 6.07) is 13.8. The van der Waals surface area contributed by atoms with Gasteiger partial charge in [0.15, 0.2) is 0 Å². The molecule has 1 aromatic carbocycles. The van der Waals surface area contributed by atoms with Gasteiger partial charge in [0.1, 0.15) is 0 Å². The normalized spacial score (nSPS) is 31.9. The van der Waals surface area contributed by atoms with E-state index in [1.807, 2.05) is 18.2 Å². The van der Waals surface area contributed by atoms with E-state index in [-0.39, 0.29) is 12.1 Å². The lowest BCUT2D eigenvalue weighted by Crippen LogP contribution is -2.46. The molecule has 3 rings (SSSR count). The quantitative estimate of drug-likeness (QED) is 0.904. The van der Waals surface area contributed by atoms with E-state index >= 15 is 0 Å². The minimum absolute atomic E-state index is 0.146. The van der Waals surface area contributed by atoms with E-state index in [2.05, 4.69) is 23.1 Å². The van der Waals surface area contributed by atoms with Crippen molar-refractivity contribution >= 4 is 0 Å². The number of piperidine rings is 1. The molecule has 0 radical (unpaired) electrons. The summed E-state index contributed by atoms with van der Waals surface area (Å²) >= 11 is 0. The van der Waals surface area contributed by atoms with Crippen LogP contribution in [0.5, 0.6) is 0 Å². The Balaban J connectivity index is 1.88. The third-order valence-corrected chi connectivity index (χ3v) is 4.59. The third kappa shape index (κ3) is 2.39. The molecule has 3 atom stereocenters. The van der Waals surface area contributed by atoms with Crippen LogP contribution in [0.25, 0.3) is 0 Å². The molecule has 19 heavy (non-hydrogen) atoms. The smallest absolute Gasteiger partial charge is 0.0641 e. The largest absolute Gasteiger partial charge is 0.393 e. The number of nitrogens with zero attached hydrogens (tertiary/aromatic N) is 2. The molecule has 3 unspecified atom stereocenters. The third-order valence-electron chi connectivity index (χ3n) is 4.59. The van der Waals surface area contributed by atoms with Crippen molar-refractivity contribution < 1.29 is 5.11 Å². The fraction of sp³-hybridized carbons (Fsp3) is 0.562. The maximum atomic E-state index is 9.90. The van der Waals surface area contributed by atoms with E-state index in [0.717, 1.165) is 25.7 Å². The number of aliphatic hydroxyl groups excluding tert-OH is 1. The van der Waals surface area contributed by atoms with Crippen LogP contribution in [0.3, 0.4) is 0 Å². The highest BCUT2D eigenvalue weighted by Gasteiger charge is 2.43. The Bertz CT molecular complexity index is 453. The number of aliphatic hydroxyl groups is 1. The van der Waals surface area contributed by atoms with Gasteiger partial charge in [-0.3, -0.25) is 4.90 Å². The Hall–Kier alpha value is -1.37. The van der Waals surface area contributed by atoms with Gasteiger partial charge in [0.25, 0.3) is 0 Å². The number of hydrogen-bond acceptors (Lipinski definition) is 3. The Morgan fingerprint density at radius 1 is 1.21 bits per heavy atom. The van der Waals surface area contributed by atoms with Crippen LogP contribution in [0.1, 0.15) is 43.7 Å². The fourth-order valence-corrected chi connectivity index (χ4v) is 3.85. The lowest BCUT2D eigenvalue weighted by atomic mass is 9.93. The second-order valence-corrected chi connectivity index (χ2v) is 5.75. The van der Waals surface area contributed by atoms with Crippen LogP contribution in [0.15, 0.2) is 30.3 Å². The summed E-state index contributed by atoms with van der Waals surface area (Å²) in [5.41, 5.74) is 1.23. The van der Waals surface area contributed by atoms with Gasteiger partial charge in [0.2, 0.25) is 0 Å². The predicted octanol–water partition coefficient (Wildman–Crippen LogP) is 2.63. The fourth-order valence-electron chi connectivity index (χ4n) is 3.85. The second kappa shape index (κ2) is 5.32. The summed E-state index contributed by atoms with van der Waals surface area (Å²) in [5.74, 6) is 0. The highest BCUT2D eigenvalue weighted by atomic mass is 16.3. The lowest BCUT2D eigenvalue weighted by Gasteiger charge is -2.42. The van der Waals surface area contributed by atoms with Crippen molar-refractivity contribution in [1.29, 1.82) is 5.26 Å². The topological polar surface area (TPSA) is 47.3 Å². The summed E-state index contributed by atoms with van der Waals surface area (Å²) in [6.07, 6.45) is 4.45. The van der Waals surface area contributed by atoms with Crippen molar-refractivity contribution in [1.82, 2.24) is 4.90 Å². The number of rotatable bonds is 3. The molecule has 2 aliphatic heterocycles. The van der Waals surface area contributed by atoms with Crippen molar-refractivity contribution in [2.24, 2.45) is 0 Å². The van der Waals surface area contributed by atoms with Crippen molar-refractivity contribution in [3.63, 3.8) is 0 Å². The first-order valence-electron chi connectivity index (χ1n) is 7.17. The summed E-state index contributed by atoms with van der Waals surface area (Å²) < 4.78 is 0. The van der Waals surface area contributed by atoms with Crippen molar-refractivity contribution in [2.45, 2.75) is 56.3 Å². The van der Waals surface area contributed by atoms with Gasteiger partial charge in [-0.25, -0.2) is 0 Å². The zero-order chi connectivity index (χ0) is 13.2. The van der Waals surface area contributed by atoms with Gasteiger partial charge in [-0.15, -0.1) is 0 Å². The van der Waals surface area contributed by atoms with E-state index in [0.29, 0.717) is 18.5 Å². The lowest BCUT2D eigenvalue weighted by molar-refractivity contribution is 0.0105. The first kappa shape index (κ1) is 12.7. The van der Waals surface area contributed by atoms with E-state index in [1.54, 1.807) is 0 Å². The molecule has 0 aliphatic carbocycles. The maximum Gasteiger partial charge on any atom is 0.0641 e. The standard InChI is InChI=1S/C16H20N2O/c17-9-8-16(12-4-2-1-3-5-12)18-13-6-7-14(18)11-15(19)10-13/h1-5,13-16,19H,6-8,10-11H2. The van der Waals surface area contributed by atoms with Gasteiger partial charge in [-0.1, -0.05) is 30.3 Å². The second-order valence-electron chi connectivity index (χ2n) is 5.75. The van der Waals surface area contributed by atoms with Crippen molar-refractivity contribution in [2.75, 3.05) is 0 Å². The first-order valence-corrected chi connectivity index (χ1v) is 7.17. The average molecular weight is 256 g/mol. The van der Waals surface area contributed by atoms with Gasteiger partial charge < -0.3 is 5.11 Å². The molecule has 0 saturated carbocycles. The summed E-state index contributed by atoms with van der Waals surface area (Å²) in [4.78, 5) is 2.51. The molecule has 0 amide bonds. The molecule has 3 nitrogen and oxygen atoms in total. The van der Waals surface area contributed by atoms with E-state index in [9.17, 15) is 5.11 Å². The molecule has 2 bridgehead atoms. The Morgan fingerprint density at radius 3 is 2.42 bits per heavy atom. The summed E-state index contributed by atoms with van der Waals surface area (Å²) in [7, 11) is 0. The molecule has 2 heterocycles. The van der Waals surface area contributed by atoms with E-state index < -0.39 is 0 Å². The highest BCUT2D eigenvalue weighted by molar-refractivity contribution is 5.21. The summed E-state index contributed by atoms with van der Waals surface area (Å²) in [6.45, 7) is 0. The average Bonchev–Trinajstić information content (AvgIpc) is 2.68. The van der Waals surface area contributed by atoms with Crippen LogP contribution < -0.4 is 0 Å². The molecular formula is C16H20N2O. The first-order chi connectivity index (χ1) is 9.29. The minimum atomic E-state index is -0.146. The zero-order valence-electron chi connectivity index (χ0n) is 11.1. The van der Waals surface area contributed by atoms with Crippen LogP contribution in [0.2, 0.25) is 0 Å². The van der Waals surface area contributed by atoms with Crippen LogP contribution in [0, 0.1) is 11.3 Å². The molecule has 2 saturated heterocycles. The molecule has 2 aliphatic rings. The van der Waals surface area contributed by atoms with E-state index in [1.165, 1.54) is 5.56 Å². The molecular weight excluding hydrogens is 236 g/mol. The SMILES string of the molecule is N#CCC(c1ccccc1)N1C2CCC1CC(O)C2. The molecule has 0 spiro atoms. The predicted molar refractivity (Wildman–Crippen MR) is 73.3 cm³/mol. The van der Waals surface area contributed by atoms with Crippen LogP contribution >= 0.6 is 0 Å². The Kier molecular flexibility index (Phi) is 3.54. The summed E-state index contributed by atoms with van der Waals surface area (Å²) in [5, 5.41) is 19.0. The maximum absolute atomic E-state index is 9.90. The minimum Gasteiger partial charge on any atom is -0.393 e. The van der Waals surface area contributed by atoms with Crippen LogP contribution in [0.4, 0.5) is 0 Å². The van der Waals surface area contributed by atoms with Crippen molar-refractivity contribution in [3.05, 3.63) is 35.9 Å². The van der Waals surface area contributed by atoms with Gasteiger partial charge in [0, 0.05) is 18.1 Å².